The maximum Gasteiger partial charge on any atom is 0.433 e. The number of hydrogen-bond donors (Lipinski definition) is 0. The Labute approximate surface area is 164 Å². The smallest absolute Gasteiger partial charge is 0.356 e. The summed E-state index contributed by atoms with van der Waals surface area (Å²) in [6.45, 7) is 3.64. The van der Waals surface area contributed by atoms with Crippen LogP contribution in [0.2, 0.25) is 0 Å². The molecule has 4 heterocycles. The van der Waals surface area contributed by atoms with Gasteiger partial charge in [0.05, 0.1) is 11.7 Å². The molecule has 0 spiro atoms. The van der Waals surface area contributed by atoms with E-state index in [-0.39, 0.29) is 5.92 Å². The normalized spacial score (nSPS) is 15.8. The second kappa shape index (κ2) is 7.41. The number of halogens is 3. The van der Waals surface area contributed by atoms with Gasteiger partial charge in [0.2, 0.25) is 0 Å². The van der Waals surface area contributed by atoms with Gasteiger partial charge in [-0.2, -0.15) is 13.2 Å². The lowest BCUT2D eigenvalue weighted by atomic mass is 9.96. The molecule has 1 fully saturated rings. The molecule has 3 aromatic heterocycles. The van der Waals surface area contributed by atoms with Gasteiger partial charge in [0, 0.05) is 31.9 Å². The van der Waals surface area contributed by atoms with Crippen molar-refractivity contribution in [3.8, 4) is 0 Å². The third-order valence-electron chi connectivity index (χ3n) is 5.10. The molecular formula is C19H19F3N6O. The summed E-state index contributed by atoms with van der Waals surface area (Å²) in [5.74, 6) is 1.66. The van der Waals surface area contributed by atoms with E-state index in [4.69, 9.17) is 0 Å². The Balaban J connectivity index is 1.46. The molecule has 0 unspecified atom stereocenters. The van der Waals surface area contributed by atoms with Crippen LogP contribution in [0.25, 0.3) is 11.0 Å². The van der Waals surface area contributed by atoms with Crippen molar-refractivity contribution in [3.05, 3.63) is 52.6 Å². The first-order valence-electron chi connectivity index (χ1n) is 9.29. The van der Waals surface area contributed by atoms with Crippen molar-refractivity contribution in [3.63, 3.8) is 0 Å². The van der Waals surface area contributed by atoms with Crippen molar-refractivity contribution in [1.82, 2.24) is 24.5 Å². The number of nitrogens with zero attached hydrogens (tertiary/aromatic N) is 6. The van der Waals surface area contributed by atoms with E-state index in [9.17, 15) is 18.0 Å². The molecular weight excluding hydrogens is 385 g/mol. The Hall–Kier alpha value is -3.04. The highest BCUT2D eigenvalue weighted by Gasteiger charge is 2.33. The largest absolute Gasteiger partial charge is 0.433 e. The van der Waals surface area contributed by atoms with Gasteiger partial charge >= 0.3 is 6.18 Å². The summed E-state index contributed by atoms with van der Waals surface area (Å²) in [5, 5.41) is 0.889. The summed E-state index contributed by atoms with van der Waals surface area (Å²) in [4.78, 5) is 30.8. The first kappa shape index (κ1) is 19.3. The second-order valence-corrected chi connectivity index (χ2v) is 7.16. The molecule has 1 aliphatic rings. The zero-order valence-corrected chi connectivity index (χ0v) is 15.7. The summed E-state index contributed by atoms with van der Waals surface area (Å²) in [7, 11) is 0. The van der Waals surface area contributed by atoms with E-state index in [0.29, 0.717) is 24.1 Å². The lowest BCUT2D eigenvalue weighted by Crippen LogP contribution is -2.37. The van der Waals surface area contributed by atoms with Crippen molar-refractivity contribution < 1.29 is 13.2 Å². The van der Waals surface area contributed by atoms with E-state index in [1.807, 2.05) is 19.1 Å². The lowest BCUT2D eigenvalue weighted by molar-refractivity contribution is -0.141. The van der Waals surface area contributed by atoms with E-state index >= 15 is 0 Å². The molecule has 152 valence electrons. The Bertz CT molecular complexity index is 1090. The molecule has 1 aliphatic heterocycles. The molecule has 7 nitrogen and oxygen atoms in total. The van der Waals surface area contributed by atoms with E-state index in [1.54, 1.807) is 6.20 Å². The minimum Gasteiger partial charge on any atom is -0.356 e. The average Bonchev–Trinajstić information content (AvgIpc) is 2.68. The Kier molecular flexibility index (Phi) is 4.93. The van der Waals surface area contributed by atoms with Crippen molar-refractivity contribution in [1.29, 1.82) is 0 Å². The van der Waals surface area contributed by atoms with Crippen LogP contribution >= 0.6 is 0 Å². The third kappa shape index (κ3) is 4.06. The summed E-state index contributed by atoms with van der Waals surface area (Å²) in [6.07, 6.45) is -0.349. The standard InChI is InChI=1S/C19H19F3N6O/c1-12-25-17-14(3-2-6-23-17)18(26-12)27-7-4-13(5-8-27)10-28-11-24-15(9-16(28)29)19(20,21)22/h2-3,6,9,11,13H,4-5,7-8,10H2,1H3. The van der Waals surface area contributed by atoms with Crippen LogP contribution in [0, 0.1) is 12.8 Å². The van der Waals surface area contributed by atoms with E-state index < -0.39 is 17.4 Å². The predicted molar refractivity (Wildman–Crippen MR) is 101 cm³/mol. The molecule has 3 aromatic rings. The zero-order chi connectivity index (χ0) is 20.6. The minimum atomic E-state index is -4.61. The van der Waals surface area contributed by atoms with Gasteiger partial charge in [-0.05, 0) is 37.8 Å². The average molecular weight is 404 g/mol. The predicted octanol–water partition coefficient (Wildman–Crippen LogP) is 2.83. The summed E-state index contributed by atoms with van der Waals surface area (Å²) in [5.41, 5.74) is -1.19. The number of piperidine rings is 1. The number of pyridine rings is 1. The summed E-state index contributed by atoms with van der Waals surface area (Å²) < 4.78 is 39.3. The molecule has 1 saturated heterocycles. The Morgan fingerprint density at radius 2 is 1.93 bits per heavy atom. The fraction of sp³-hybridized carbons (Fsp3) is 0.421. The van der Waals surface area contributed by atoms with Crippen molar-refractivity contribution in [2.75, 3.05) is 18.0 Å². The van der Waals surface area contributed by atoms with Crippen molar-refractivity contribution >= 4 is 16.9 Å². The highest BCUT2D eigenvalue weighted by molar-refractivity contribution is 5.86. The summed E-state index contributed by atoms with van der Waals surface area (Å²) in [6, 6.07) is 4.34. The maximum atomic E-state index is 12.7. The number of anilines is 1. The van der Waals surface area contributed by atoms with Crippen molar-refractivity contribution in [2.45, 2.75) is 32.5 Å². The van der Waals surface area contributed by atoms with Gasteiger partial charge in [-0.25, -0.2) is 19.9 Å². The quantitative estimate of drug-likeness (QED) is 0.668. The van der Waals surface area contributed by atoms with Crippen LogP contribution in [0.4, 0.5) is 19.0 Å². The van der Waals surface area contributed by atoms with E-state index in [2.05, 4.69) is 24.8 Å². The Morgan fingerprint density at radius 3 is 2.62 bits per heavy atom. The first-order chi connectivity index (χ1) is 13.8. The van der Waals surface area contributed by atoms with Gasteiger partial charge in [0.1, 0.15) is 11.6 Å². The minimum absolute atomic E-state index is 0.176. The molecule has 0 aliphatic carbocycles. The van der Waals surface area contributed by atoms with E-state index in [1.165, 1.54) is 4.57 Å². The van der Waals surface area contributed by atoms with Crippen LogP contribution in [-0.2, 0) is 12.7 Å². The maximum absolute atomic E-state index is 12.7. The number of aryl methyl sites for hydroxylation is 1. The van der Waals surface area contributed by atoms with Crippen molar-refractivity contribution in [2.24, 2.45) is 5.92 Å². The fourth-order valence-electron chi connectivity index (χ4n) is 3.62. The van der Waals surface area contributed by atoms with Crippen LogP contribution in [0.15, 0.2) is 35.5 Å². The SMILES string of the molecule is Cc1nc(N2CCC(Cn3cnc(C(F)(F)F)cc3=O)CC2)c2cccnc2n1. The lowest BCUT2D eigenvalue weighted by Gasteiger charge is -2.33. The molecule has 0 N–H and O–H groups in total. The molecule has 0 aromatic carbocycles. The molecule has 0 radical (unpaired) electrons. The van der Waals surface area contributed by atoms with Crippen LogP contribution in [-0.4, -0.2) is 37.6 Å². The molecule has 10 heteroatoms. The van der Waals surface area contributed by atoms with Crippen LogP contribution in [0.3, 0.4) is 0 Å². The molecule has 0 amide bonds. The van der Waals surface area contributed by atoms with Gasteiger partial charge in [0.25, 0.3) is 5.56 Å². The number of aromatic nitrogens is 5. The molecule has 4 rings (SSSR count). The Morgan fingerprint density at radius 1 is 1.17 bits per heavy atom. The fourth-order valence-corrected chi connectivity index (χ4v) is 3.62. The van der Waals surface area contributed by atoms with Gasteiger partial charge in [-0.3, -0.25) is 9.36 Å². The highest BCUT2D eigenvalue weighted by atomic mass is 19.4. The number of hydrogen-bond acceptors (Lipinski definition) is 6. The van der Waals surface area contributed by atoms with Gasteiger partial charge < -0.3 is 4.90 Å². The first-order valence-corrected chi connectivity index (χ1v) is 9.29. The van der Waals surface area contributed by atoms with Crippen LogP contribution in [0.5, 0.6) is 0 Å². The molecule has 0 saturated carbocycles. The summed E-state index contributed by atoms with van der Waals surface area (Å²) >= 11 is 0. The monoisotopic (exact) mass is 404 g/mol. The number of fused-ring (bicyclic) bond motifs is 1. The zero-order valence-electron chi connectivity index (χ0n) is 15.7. The molecule has 0 atom stereocenters. The van der Waals surface area contributed by atoms with Crippen LogP contribution in [0.1, 0.15) is 24.4 Å². The van der Waals surface area contributed by atoms with Gasteiger partial charge in [0.15, 0.2) is 11.3 Å². The second-order valence-electron chi connectivity index (χ2n) is 7.16. The number of alkyl halides is 3. The molecule has 29 heavy (non-hydrogen) atoms. The topological polar surface area (TPSA) is 76.8 Å². The van der Waals surface area contributed by atoms with Gasteiger partial charge in [-0.1, -0.05) is 0 Å². The van der Waals surface area contributed by atoms with Gasteiger partial charge in [-0.15, -0.1) is 0 Å². The van der Waals surface area contributed by atoms with E-state index in [0.717, 1.165) is 43.5 Å². The van der Waals surface area contributed by atoms with Crippen LogP contribution < -0.4 is 10.5 Å². The third-order valence-corrected chi connectivity index (χ3v) is 5.10. The highest BCUT2D eigenvalue weighted by Crippen LogP contribution is 2.28. The molecule has 0 bridgehead atoms. The number of rotatable bonds is 3.